The van der Waals surface area contributed by atoms with E-state index in [4.69, 9.17) is 9.15 Å². The standard InChI is InChI=1S/C21H17N3O4/c1-12-9-18(15-5-3-4-6-16(15)23-12)24-20(25)13(2)28-21(26)14-7-8-17-19(10-14)27-11-22-17/h3-11,13H,1-2H3,(H,23,24,25). The SMILES string of the molecule is Cc1cc(NC(=O)C(C)OC(=O)c2ccc3ncoc3c2)c2ccccc2n1. The summed E-state index contributed by atoms with van der Waals surface area (Å²) in [6.45, 7) is 3.38. The van der Waals surface area contributed by atoms with Crippen LogP contribution in [0.15, 0.2) is 59.3 Å². The van der Waals surface area contributed by atoms with Gasteiger partial charge >= 0.3 is 5.97 Å². The zero-order chi connectivity index (χ0) is 19.7. The molecule has 0 saturated heterocycles. The van der Waals surface area contributed by atoms with Gasteiger partial charge < -0.3 is 14.5 Å². The Balaban J connectivity index is 1.50. The molecule has 0 radical (unpaired) electrons. The van der Waals surface area contributed by atoms with Gasteiger partial charge in [-0.3, -0.25) is 9.78 Å². The number of rotatable bonds is 4. The maximum absolute atomic E-state index is 12.6. The first-order valence-corrected chi connectivity index (χ1v) is 8.73. The first kappa shape index (κ1) is 17.7. The Morgan fingerprint density at radius 3 is 2.79 bits per heavy atom. The second-order valence-corrected chi connectivity index (χ2v) is 6.40. The van der Waals surface area contributed by atoms with Crippen molar-refractivity contribution in [3.05, 3.63) is 66.2 Å². The summed E-state index contributed by atoms with van der Waals surface area (Å²) in [7, 11) is 0. The molecule has 1 amide bonds. The van der Waals surface area contributed by atoms with Crippen LogP contribution in [0.4, 0.5) is 5.69 Å². The molecule has 1 atom stereocenters. The number of carbonyl (C=O) groups is 2. The van der Waals surface area contributed by atoms with Crippen molar-refractivity contribution in [2.75, 3.05) is 5.32 Å². The molecule has 7 nitrogen and oxygen atoms in total. The van der Waals surface area contributed by atoms with E-state index in [2.05, 4.69) is 15.3 Å². The summed E-state index contributed by atoms with van der Waals surface area (Å²) >= 11 is 0. The van der Waals surface area contributed by atoms with E-state index in [1.54, 1.807) is 18.2 Å². The molecule has 7 heteroatoms. The number of esters is 1. The molecule has 4 rings (SSSR count). The fourth-order valence-corrected chi connectivity index (χ4v) is 2.91. The van der Waals surface area contributed by atoms with Crippen molar-refractivity contribution in [3.8, 4) is 0 Å². The molecular formula is C21H17N3O4. The summed E-state index contributed by atoms with van der Waals surface area (Å²) < 4.78 is 10.5. The number of oxazole rings is 1. The van der Waals surface area contributed by atoms with Gasteiger partial charge in [-0.2, -0.15) is 0 Å². The van der Waals surface area contributed by atoms with Crippen molar-refractivity contribution < 1.29 is 18.7 Å². The van der Waals surface area contributed by atoms with Crippen molar-refractivity contribution in [3.63, 3.8) is 0 Å². The number of hydrogen-bond donors (Lipinski definition) is 1. The second-order valence-electron chi connectivity index (χ2n) is 6.40. The van der Waals surface area contributed by atoms with Crippen LogP contribution < -0.4 is 5.32 Å². The number of nitrogens with zero attached hydrogens (tertiary/aromatic N) is 2. The van der Waals surface area contributed by atoms with Crippen LogP contribution >= 0.6 is 0 Å². The number of nitrogens with one attached hydrogen (secondary N) is 1. The van der Waals surface area contributed by atoms with Crippen LogP contribution in [0.25, 0.3) is 22.0 Å². The monoisotopic (exact) mass is 375 g/mol. The van der Waals surface area contributed by atoms with Crippen LogP contribution in [0, 0.1) is 6.92 Å². The van der Waals surface area contributed by atoms with Crippen molar-refractivity contribution in [1.82, 2.24) is 9.97 Å². The fraction of sp³-hybridized carbons (Fsp3) is 0.143. The van der Waals surface area contributed by atoms with Gasteiger partial charge in [-0.05, 0) is 44.2 Å². The number of para-hydroxylation sites is 1. The van der Waals surface area contributed by atoms with Gasteiger partial charge in [0.25, 0.3) is 5.91 Å². The van der Waals surface area contributed by atoms with E-state index in [0.717, 1.165) is 16.6 Å². The summed E-state index contributed by atoms with van der Waals surface area (Å²) in [5, 5.41) is 3.64. The van der Waals surface area contributed by atoms with Gasteiger partial charge in [-0.15, -0.1) is 0 Å². The molecule has 140 valence electrons. The van der Waals surface area contributed by atoms with Crippen molar-refractivity contribution in [1.29, 1.82) is 0 Å². The summed E-state index contributed by atoms with van der Waals surface area (Å²) in [4.78, 5) is 33.4. The Hall–Kier alpha value is -3.74. The molecule has 1 unspecified atom stereocenters. The van der Waals surface area contributed by atoms with Crippen LogP contribution in [0.2, 0.25) is 0 Å². The van der Waals surface area contributed by atoms with E-state index in [9.17, 15) is 9.59 Å². The van der Waals surface area contributed by atoms with Gasteiger partial charge in [0, 0.05) is 11.1 Å². The number of anilines is 1. The molecule has 2 heterocycles. The maximum Gasteiger partial charge on any atom is 0.339 e. The van der Waals surface area contributed by atoms with Crippen molar-refractivity contribution >= 4 is 39.6 Å². The molecule has 28 heavy (non-hydrogen) atoms. The number of aryl methyl sites for hydroxylation is 1. The van der Waals surface area contributed by atoms with Crippen LogP contribution in [0.3, 0.4) is 0 Å². The van der Waals surface area contributed by atoms with Gasteiger partial charge in [-0.25, -0.2) is 9.78 Å². The number of pyridine rings is 1. The molecule has 0 saturated carbocycles. The number of ether oxygens (including phenoxy) is 1. The molecule has 4 aromatic rings. The fourth-order valence-electron chi connectivity index (χ4n) is 2.91. The number of hydrogen-bond acceptors (Lipinski definition) is 6. The van der Waals surface area contributed by atoms with E-state index in [1.165, 1.54) is 19.4 Å². The average Bonchev–Trinajstić information content (AvgIpc) is 3.15. The molecule has 0 aliphatic carbocycles. The highest BCUT2D eigenvalue weighted by Crippen LogP contribution is 2.23. The Labute approximate surface area is 160 Å². The lowest BCUT2D eigenvalue weighted by Crippen LogP contribution is -2.30. The predicted octanol–water partition coefficient (Wildman–Crippen LogP) is 3.87. The third kappa shape index (κ3) is 3.42. The molecular weight excluding hydrogens is 358 g/mol. The number of carbonyl (C=O) groups excluding carboxylic acids is 2. The zero-order valence-corrected chi connectivity index (χ0v) is 15.3. The zero-order valence-electron chi connectivity index (χ0n) is 15.3. The smallest absolute Gasteiger partial charge is 0.339 e. The lowest BCUT2D eigenvalue weighted by molar-refractivity contribution is -0.123. The van der Waals surface area contributed by atoms with E-state index in [1.807, 2.05) is 31.2 Å². The topological polar surface area (TPSA) is 94.3 Å². The van der Waals surface area contributed by atoms with Gasteiger partial charge in [0.15, 0.2) is 18.1 Å². The van der Waals surface area contributed by atoms with E-state index >= 15 is 0 Å². The van der Waals surface area contributed by atoms with Gasteiger partial charge in [-0.1, -0.05) is 18.2 Å². The summed E-state index contributed by atoms with van der Waals surface area (Å²) in [6, 6.07) is 14.1. The molecule has 1 N–H and O–H groups in total. The largest absolute Gasteiger partial charge is 0.449 e. The van der Waals surface area contributed by atoms with E-state index in [0.29, 0.717) is 16.8 Å². The first-order valence-electron chi connectivity index (χ1n) is 8.73. The quantitative estimate of drug-likeness (QED) is 0.544. The average molecular weight is 375 g/mol. The molecule has 0 aliphatic rings. The number of amides is 1. The number of benzene rings is 2. The summed E-state index contributed by atoms with van der Waals surface area (Å²) in [6.07, 6.45) is 0.321. The van der Waals surface area contributed by atoms with Gasteiger partial charge in [0.05, 0.1) is 16.8 Å². The molecule has 0 bridgehead atoms. The summed E-state index contributed by atoms with van der Waals surface area (Å²) in [5.74, 6) is -1.04. The first-order chi connectivity index (χ1) is 13.5. The molecule has 0 fully saturated rings. The van der Waals surface area contributed by atoms with Gasteiger partial charge in [0.1, 0.15) is 5.52 Å². The minimum Gasteiger partial charge on any atom is -0.449 e. The van der Waals surface area contributed by atoms with Crippen molar-refractivity contribution in [2.45, 2.75) is 20.0 Å². The molecule has 2 aromatic carbocycles. The van der Waals surface area contributed by atoms with Crippen LogP contribution in [0.1, 0.15) is 23.0 Å². The molecule has 2 aromatic heterocycles. The minimum absolute atomic E-state index is 0.286. The number of fused-ring (bicyclic) bond motifs is 2. The highest BCUT2D eigenvalue weighted by atomic mass is 16.5. The Morgan fingerprint density at radius 1 is 1.11 bits per heavy atom. The normalized spacial score (nSPS) is 12.1. The lowest BCUT2D eigenvalue weighted by Gasteiger charge is -2.15. The summed E-state index contributed by atoms with van der Waals surface area (Å²) in [5.41, 5.74) is 3.59. The third-order valence-corrected chi connectivity index (χ3v) is 4.32. The van der Waals surface area contributed by atoms with E-state index in [-0.39, 0.29) is 5.56 Å². The molecule has 0 aliphatic heterocycles. The Morgan fingerprint density at radius 2 is 1.93 bits per heavy atom. The Kier molecular flexibility index (Phi) is 4.49. The van der Waals surface area contributed by atoms with Crippen LogP contribution in [0.5, 0.6) is 0 Å². The molecule has 0 spiro atoms. The lowest BCUT2D eigenvalue weighted by atomic mass is 10.1. The predicted molar refractivity (Wildman–Crippen MR) is 104 cm³/mol. The van der Waals surface area contributed by atoms with Gasteiger partial charge in [0.2, 0.25) is 0 Å². The van der Waals surface area contributed by atoms with Crippen LogP contribution in [-0.2, 0) is 9.53 Å². The highest BCUT2D eigenvalue weighted by Gasteiger charge is 2.20. The van der Waals surface area contributed by atoms with Crippen LogP contribution in [-0.4, -0.2) is 27.9 Å². The minimum atomic E-state index is -0.981. The highest BCUT2D eigenvalue weighted by molar-refractivity contribution is 6.03. The number of aromatic nitrogens is 2. The van der Waals surface area contributed by atoms with E-state index < -0.39 is 18.0 Å². The maximum atomic E-state index is 12.6. The third-order valence-electron chi connectivity index (χ3n) is 4.32. The van der Waals surface area contributed by atoms with Crippen molar-refractivity contribution in [2.24, 2.45) is 0 Å². The second kappa shape index (κ2) is 7.11. The Bertz CT molecular complexity index is 1200.